The van der Waals surface area contributed by atoms with Gasteiger partial charge in [-0.2, -0.15) is 4.98 Å². The predicted molar refractivity (Wildman–Crippen MR) is 132 cm³/mol. The van der Waals surface area contributed by atoms with Crippen LogP contribution in [0.1, 0.15) is 15.9 Å². The Bertz CT molecular complexity index is 1540. The van der Waals surface area contributed by atoms with Crippen LogP contribution >= 0.6 is 11.6 Å². The second-order valence-corrected chi connectivity index (χ2v) is 8.28. The first kappa shape index (κ1) is 21.6. The zero-order valence-electron chi connectivity index (χ0n) is 18.0. The van der Waals surface area contributed by atoms with Crippen molar-refractivity contribution in [2.45, 2.75) is 6.92 Å². The molecular formula is C27H19ClN2O4. The molecule has 0 aliphatic heterocycles. The number of hydrogen-bond acceptors (Lipinski definition) is 4. The van der Waals surface area contributed by atoms with Crippen molar-refractivity contribution in [1.82, 2.24) is 9.97 Å². The summed E-state index contributed by atoms with van der Waals surface area (Å²) in [6.45, 7) is 1.73. The highest BCUT2D eigenvalue weighted by molar-refractivity contribution is 6.34. The van der Waals surface area contributed by atoms with E-state index in [0.29, 0.717) is 27.4 Å². The van der Waals surface area contributed by atoms with E-state index in [1.807, 2.05) is 42.5 Å². The van der Waals surface area contributed by atoms with Crippen LogP contribution in [0.15, 0.2) is 78.9 Å². The Labute approximate surface area is 200 Å². The minimum atomic E-state index is -1.02. The summed E-state index contributed by atoms with van der Waals surface area (Å²) in [7, 11) is 0. The third-order valence-corrected chi connectivity index (χ3v) is 5.93. The number of carboxylic acid groups (broad SMARTS) is 1. The maximum atomic E-state index is 11.4. The van der Waals surface area contributed by atoms with Gasteiger partial charge in [-0.25, -0.2) is 4.79 Å². The number of phenols is 1. The Balaban J connectivity index is 1.45. The number of aromatic carboxylic acids is 1. The first-order valence-electron chi connectivity index (χ1n) is 10.5. The molecule has 0 fully saturated rings. The van der Waals surface area contributed by atoms with Gasteiger partial charge in [0.05, 0.1) is 21.6 Å². The van der Waals surface area contributed by atoms with Crippen molar-refractivity contribution < 1.29 is 19.7 Å². The molecule has 0 bridgehead atoms. The number of hydrogen-bond donors (Lipinski definition) is 3. The van der Waals surface area contributed by atoms with Crippen molar-refractivity contribution in [2.75, 3.05) is 0 Å². The summed E-state index contributed by atoms with van der Waals surface area (Å²) in [6, 6.07) is 23.7. The van der Waals surface area contributed by atoms with Gasteiger partial charge in [0.1, 0.15) is 11.5 Å². The quantitative estimate of drug-likeness (QED) is 0.255. The van der Waals surface area contributed by atoms with E-state index in [9.17, 15) is 15.0 Å². The van der Waals surface area contributed by atoms with Gasteiger partial charge in [0.2, 0.25) is 0 Å². The average molecular weight is 471 g/mol. The van der Waals surface area contributed by atoms with Gasteiger partial charge in [-0.1, -0.05) is 60.1 Å². The van der Waals surface area contributed by atoms with Crippen molar-refractivity contribution in [2.24, 2.45) is 0 Å². The number of carbonyl (C=O) groups is 1. The van der Waals surface area contributed by atoms with Gasteiger partial charge in [-0.15, -0.1) is 0 Å². The lowest BCUT2D eigenvalue weighted by Crippen LogP contribution is -2.00. The molecule has 0 unspecified atom stereocenters. The Kier molecular flexibility index (Phi) is 5.43. The summed E-state index contributed by atoms with van der Waals surface area (Å²) < 4.78 is 5.77. The fraction of sp³-hybridized carbons (Fsp3) is 0.0370. The molecule has 0 radical (unpaired) electrons. The number of phenolic OH excluding ortho intramolecular Hbond substituents is 1. The zero-order valence-corrected chi connectivity index (χ0v) is 18.8. The summed E-state index contributed by atoms with van der Waals surface area (Å²) in [6.07, 6.45) is 0. The van der Waals surface area contributed by atoms with E-state index in [1.54, 1.807) is 37.3 Å². The molecule has 0 amide bonds. The van der Waals surface area contributed by atoms with E-state index in [4.69, 9.17) is 16.3 Å². The SMILES string of the molecule is Cc1ccc(Oc2nc3cc(-c4ccc(-c5ccccc5O)cc4)c(Cl)cc3[nH]2)cc1C(=O)O. The largest absolute Gasteiger partial charge is 0.507 e. The van der Waals surface area contributed by atoms with Gasteiger partial charge in [0.25, 0.3) is 6.01 Å². The van der Waals surface area contributed by atoms with Crippen molar-refractivity contribution in [3.05, 3.63) is 95.0 Å². The fourth-order valence-electron chi connectivity index (χ4n) is 3.83. The molecule has 0 saturated heterocycles. The van der Waals surface area contributed by atoms with Crippen LogP contribution in [-0.4, -0.2) is 26.2 Å². The summed E-state index contributed by atoms with van der Waals surface area (Å²) >= 11 is 6.57. The van der Waals surface area contributed by atoms with Gasteiger partial charge in [-0.05, 0) is 53.9 Å². The third kappa shape index (κ3) is 4.07. The summed E-state index contributed by atoms with van der Waals surface area (Å²) in [4.78, 5) is 19.0. The van der Waals surface area contributed by atoms with Crippen molar-refractivity contribution in [1.29, 1.82) is 0 Å². The molecule has 5 aromatic rings. The topological polar surface area (TPSA) is 95.4 Å². The standard InChI is InChI=1S/C27H19ClN2O4/c1-15-6-11-18(12-20(15)26(32)33)34-27-29-23-13-21(22(28)14-24(23)30-27)17-9-7-16(8-10-17)19-4-2-3-5-25(19)31/h2-14,31H,1H3,(H,29,30)(H,32,33). The van der Waals surface area contributed by atoms with Gasteiger partial charge < -0.3 is 19.9 Å². The lowest BCUT2D eigenvalue weighted by Gasteiger charge is -2.08. The number of aryl methyl sites for hydroxylation is 1. The number of ether oxygens (including phenoxy) is 1. The molecule has 0 aliphatic rings. The molecule has 6 nitrogen and oxygen atoms in total. The minimum absolute atomic E-state index is 0.172. The van der Waals surface area contributed by atoms with Crippen molar-refractivity contribution in [3.8, 4) is 39.8 Å². The van der Waals surface area contributed by atoms with Gasteiger partial charge >= 0.3 is 5.97 Å². The lowest BCUT2D eigenvalue weighted by molar-refractivity contribution is 0.0695. The fourth-order valence-corrected chi connectivity index (χ4v) is 4.10. The number of para-hydroxylation sites is 1. The van der Waals surface area contributed by atoms with Crippen LogP contribution < -0.4 is 4.74 Å². The third-order valence-electron chi connectivity index (χ3n) is 5.61. The normalized spacial score (nSPS) is 11.0. The Morgan fingerprint density at radius 3 is 2.35 bits per heavy atom. The molecule has 0 atom stereocenters. The van der Waals surface area contributed by atoms with Crippen LogP contribution in [0.4, 0.5) is 0 Å². The highest BCUT2D eigenvalue weighted by Crippen LogP contribution is 2.35. The molecule has 7 heteroatoms. The number of carboxylic acids is 1. The van der Waals surface area contributed by atoms with Gasteiger partial charge in [0, 0.05) is 11.1 Å². The molecule has 4 aromatic carbocycles. The van der Waals surface area contributed by atoms with Crippen molar-refractivity contribution in [3.63, 3.8) is 0 Å². The summed E-state index contributed by atoms with van der Waals surface area (Å²) in [5.41, 5.74) is 5.53. The number of imidazole rings is 1. The van der Waals surface area contributed by atoms with Crippen LogP contribution in [-0.2, 0) is 0 Å². The lowest BCUT2D eigenvalue weighted by atomic mass is 9.99. The number of nitrogens with one attached hydrogen (secondary N) is 1. The van der Waals surface area contributed by atoms with Crippen molar-refractivity contribution >= 4 is 28.6 Å². The number of rotatable bonds is 5. The first-order valence-corrected chi connectivity index (χ1v) is 10.9. The number of aromatic hydroxyl groups is 1. The molecule has 0 aliphatic carbocycles. The van der Waals surface area contributed by atoms with E-state index in [2.05, 4.69) is 9.97 Å². The molecule has 34 heavy (non-hydrogen) atoms. The van der Waals surface area contributed by atoms with Gasteiger partial charge in [-0.3, -0.25) is 0 Å². The maximum absolute atomic E-state index is 11.4. The summed E-state index contributed by atoms with van der Waals surface area (Å²) in [5.74, 6) is -0.423. The second kappa shape index (κ2) is 8.57. The molecule has 0 spiro atoms. The molecule has 3 N–H and O–H groups in total. The molecule has 168 valence electrons. The molecular weight excluding hydrogens is 452 g/mol. The van der Waals surface area contributed by atoms with Crippen LogP contribution in [0.3, 0.4) is 0 Å². The number of aromatic amines is 1. The average Bonchev–Trinajstić information content (AvgIpc) is 3.21. The molecule has 0 saturated carbocycles. The molecule has 1 heterocycles. The molecule has 5 rings (SSSR count). The van der Waals surface area contributed by atoms with Crippen LogP contribution in [0.2, 0.25) is 5.02 Å². The molecule has 1 aromatic heterocycles. The Morgan fingerprint density at radius 1 is 0.941 bits per heavy atom. The monoisotopic (exact) mass is 470 g/mol. The number of nitrogens with zero attached hydrogens (tertiary/aromatic N) is 1. The van der Waals surface area contributed by atoms with Gasteiger partial charge in [0.15, 0.2) is 0 Å². The predicted octanol–water partition coefficient (Wildman–Crippen LogP) is 7.05. The maximum Gasteiger partial charge on any atom is 0.336 e. The highest BCUT2D eigenvalue weighted by atomic mass is 35.5. The van der Waals surface area contributed by atoms with Crippen LogP contribution in [0.5, 0.6) is 17.5 Å². The Morgan fingerprint density at radius 2 is 1.65 bits per heavy atom. The summed E-state index contributed by atoms with van der Waals surface area (Å²) in [5, 5.41) is 20.0. The second-order valence-electron chi connectivity index (χ2n) is 7.87. The first-order chi connectivity index (χ1) is 16.4. The number of aromatic nitrogens is 2. The number of fused-ring (bicyclic) bond motifs is 1. The minimum Gasteiger partial charge on any atom is -0.507 e. The van der Waals surface area contributed by atoms with E-state index < -0.39 is 5.97 Å². The van der Waals surface area contributed by atoms with E-state index in [-0.39, 0.29) is 17.3 Å². The van der Waals surface area contributed by atoms with Crippen LogP contribution in [0, 0.1) is 6.92 Å². The van der Waals surface area contributed by atoms with E-state index >= 15 is 0 Å². The van der Waals surface area contributed by atoms with Crippen LogP contribution in [0.25, 0.3) is 33.3 Å². The smallest absolute Gasteiger partial charge is 0.336 e. The number of halogens is 1. The number of H-pyrrole nitrogens is 1. The van der Waals surface area contributed by atoms with E-state index in [0.717, 1.165) is 22.3 Å². The number of benzene rings is 4. The Hall–Kier alpha value is -4.29. The zero-order chi connectivity index (χ0) is 23.8. The highest BCUT2D eigenvalue weighted by Gasteiger charge is 2.13. The van der Waals surface area contributed by atoms with E-state index in [1.165, 1.54) is 6.07 Å².